The van der Waals surface area contributed by atoms with Crippen LogP contribution in [0.5, 0.6) is 11.5 Å². The van der Waals surface area contributed by atoms with Crippen molar-refractivity contribution in [2.75, 3.05) is 13.2 Å². The highest BCUT2D eigenvalue weighted by Crippen LogP contribution is 2.51. The molecular weight excluding hydrogens is 598 g/mol. The van der Waals surface area contributed by atoms with Crippen molar-refractivity contribution in [1.29, 1.82) is 0 Å². The molecule has 0 radical (unpaired) electrons. The number of hydrogen-bond donors (Lipinski definition) is 0. The largest absolute Gasteiger partial charge is 0.490 e. The number of halogens is 2. The molecule has 0 spiro atoms. The van der Waals surface area contributed by atoms with E-state index in [0.29, 0.717) is 37.6 Å². The summed E-state index contributed by atoms with van der Waals surface area (Å²) in [5, 5.41) is 0. The van der Waals surface area contributed by atoms with Crippen LogP contribution in [-0.2, 0) is 16.2 Å². The molecule has 3 aliphatic rings. The van der Waals surface area contributed by atoms with Crippen molar-refractivity contribution in [3.8, 4) is 11.5 Å². The molecule has 0 saturated heterocycles. The summed E-state index contributed by atoms with van der Waals surface area (Å²) in [5.41, 5.74) is 5.70. The number of rotatable bonds is 7. The Bertz CT molecular complexity index is 1270. The van der Waals surface area contributed by atoms with E-state index in [9.17, 15) is 9.59 Å². The summed E-state index contributed by atoms with van der Waals surface area (Å²) in [6.45, 7) is 5.65. The molecule has 5 rings (SSSR count). The second kappa shape index (κ2) is 11.2. The van der Waals surface area contributed by atoms with Crippen molar-refractivity contribution >= 4 is 43.4 Å². The van der Waals surface area contributed by atoms with E-state index < -0.39 is 0 Å². The third-order valence-corrected chi connectivity index (χ3v) is 8.76. The number of ether oxygens (including phenoxy) is 2. The molecule has 0 aromatic heterocycles. The predicted molar refractivity (Wildman–Crippen MR) is 151 cm³/mol. The van der Waals surface area contributed by atoms with Crippen LogP contribution in [-0.4, -0.2) is 29.6 Å². The fourth-order valence-electron chi connectivity index (χ4n) is 5.85. The average molecular weight is 629 g/mol. The molecule has 7 heteroatoms. The molecule has 37 heavy (non-hydrogen) atoms. The van der Waals surface area contributed by atoms with Crippen LogP contribution in [0.2, 0.25) is 0 Å². The molecular formula is C30H31Br2NO4. The number of benzene rings is 2. The van der Waals surface area contributed by atoms with E-state index in [1.807, 2.05) is 43.3 Å². The van der Waals surface area contributed by atoms with Gasteiger partial charge in [0.25, 0.3) is 0 Å². The Kier molecular flexibility index (Phi) is 7.91. The third-order valence-electron chi connectivity index (χ3n) is 7.40. The molecule has 0 atom stereocenters. The first-order chi connectivity index (χ1) is 17.9. The molecule has 1 heterocycles. The Morgan fingerprint density at radius 3 is 2.11 bits per heavy atom. The minimum absolute atomic E-state index is 0.151. The van der Waals surface area contributed by atoms with Crippen LogP contribution in [0.3, 0.4) is 0 Å². The number of carbonyl (C=O) groups is 2. The normalized spacial score (nSPS) is 18.2. The molecule has 0 saturated carbocycles. The number of carbonyl (C=O) groups excluding carboxylic acids is 2. The van der Waals surface area contributed by atoms with Gasteiger partial charge in [0.1, 0.15) is 6.61 Å². The summed E-state index contributed by atoms with van der Waals surface area (Å²) in [6.07, 6.45) is 4.49. The van der Waals surface area contributed by atoms with Crippen molar-refractivity contribution in [3.63, 3.8) is 0 Å². The van der Waals surface area contributed by atoms with Gasteiger partial charge in [-0.05, 0) is 79.2 Å². The lowest BCUT2D eigenvalue weighted by atomic mass is 9.71. The van der Waals surface area contributed by atoms with Gasteiger partial charge in [-0.15, -0.1) is 0 Å². The minimum atomic E-state index is -0.374. The SMILES string of the molecule is CCOc1cc(C2C3=C(CCCC3=O)N(CC)C3=C2C(=O)CCC3)cc(Br)c1OCc1ccccc1Br. The quantitative estimate of drug-likeness (QED) is 0.316. The Labute approximate surface area is 235 Å². The van der Waals surface area contributed by atoms with Crippen LogP contribution in [0.1, 0.15) is 69.4 Å². The van der Waals surface area contributed by atoms with Gasteiger partial charge in [-0.1, -0.05) is 34.1 Å². The van der Waals surface area contributed by atoms with E-state index in [4.69, 9.17) is 9.47 Å². The number of nitrogens with zero attached hydrogens (tertiary/aromatic N) is 1. The summed E-state index contributed by atoms with van der Waals surface area (Å²) in [7, 11) is 0. The number of ketones is 2. The van der Waals surface area contributed by atoms with E-state index >= 15 is 0 Å². The molecule has 5 nitrogen and oxygen atoms in total. The van der Waals surface area contributed by atoms with Gasteiger partial charge in [0.15, 0.2) is 23.1 Å². The highest BCUT2D eigenvalue weighted by molar-refractivity contribution is 9.10. The lowest BCUT2D eigenvalue weighted by molar-refractivity contribution is -0.117. The van der Waals surface area contributed by atoms with E-state index in [2.05, 4.69) is 43.7 Å². The van der Waals surface area contributed by atoms with Gasteiger partial charge in [-0.25, -0.2) is 0 Å². The van der Waals surface area contributed by atoms with E-state index in [0.717, 1.165) is 74.8 Å². The first-order valence-corrected chi connectivity index (χ1v) is 14.7. The van der Waals surface area contributed by atoms with Gasteiger partial charge in [0, 0.05) is 57.9 Å². The van der Waals surface area contributed by atoms with Crippen molar-refractivity contribution < 1.29 is 19.1 Å². The molecule has 1 aliphatic heterocycles. The van der Waals surface area contributed by atoms with E-state index in [1.54, 1.807) is 0 Å². The van der Waals surface area contributed by atoms with Crippen LogP contribution in [0.4, 0.5) is 0 Å². The minimum Gasteiger partial charge on any atom is -0.490 e. The zero-order valence-electron chi connectivity index (χ0n) is 21.2. The van der Waals surface area contributed by atoms with Gasteiger partial charge in [0.2, 0.25) is 0 Å². The first kappa shape index (κ1) is 26.2. The number of Topliss-reactive ketones (excluding diaryl/α,β-unsaturated/α-hetero) is 2. The summed E-state index contributed by atoms with van der Waals surface area (Å²) >= 11 is 7.32. The standard InChI is InChI=1S/C30H31Br2NO4/c1-3-33-22-11-7-13-24(34)28(22)27(29-23(33)12-8-14-25(29)35)19-15-21(32)30(26(16-19)36-4-2)37-17-18-9-5-6-10-20(18)31/h5-6,9-10,15-16,27H,3-4,7-8,11-14,17H2,1-2H3. The molecule has 0 unspecified atom stereocenters. The van der Waals surface area contributed by atoms with Gasteiger partial charge in [0.05, 0.1) is 11.1 Å². The fourth-order valence-corrected chi connectivity index (χ4v) is 6.83. The highest BCUT2D eigenvalue weighted by atomic mass is 79.9. The van der Waals surface area contributed by atoms with Gasteiger partial charge in [-0.3, -0.25) is 9.59 Å². The maximum Gasteiger partial charge on any atom is 0.175 e. The maximum absolute atomic E-state index is 13.4. The van der Waals surface area contributed by atoms with Crippen LogP contribution in [0.15, 0.2) is 67.9 Å². The van der Waals surface area contributed by atoms with Crippen molar-refractivity contribution in [2.24, 2.45) is 0 Å². The molecule has 0 N–H and O–H groups in total. The lowest BCUT2D eigenvalue weighted by Crippen LogP contribution is -2.39. The second-order valence-corrected chi connectivity index (χ2v) is 11.3. The number of hydrogen-bond acceptors (Lipinski definition) is 5. The second-order valence-electron chi connectivity index (χ2n) is 9.59. The van der Waals surface area contributed by atoms with Gasteiger partial charge >= 0.3 is 0 Å². The van der Waals surface area contributed by atoms with E-state index in [-0.39, 0.29) is 17.5 Å². The molecule has 0 bridgehead atoms. The smallest absolute Gasteiger partial charge is 0.175 e. The fraction of sp³-hybridized carbons (Fsp3) is 0.400. The van der Waals surface area contributed by atoms with Gasteiger partial charge < -0.3 is 14.4 Å². The first-order valence-electron chi connectivity index (χ1n) is 13.1. The molecule has 194 valence electrons. The summed E-state index contributed by atoms with van der Waals surface area (Å²) in [5.74, 6) is 1.14. The summed E-state index contributed by atoms with van der Waals surface area (Å²) < 4.78 is 14.0. The van der Waals surface area contributed by atoms with Crippen LogP contribution in [0, 0.1) is 0 Å². The average Bonchev–Trinajstić information content (AvgIpc) is 2.88. The zero-order chi connectivity index (χ0) is 26.1. The lowest BCUT2D eigenvalue weighted by Gasteiger charge is -2.43. The topological polar surface area (TPSA) is 55.8 Å². The molecule has 0 amide bonds. The Balaban J connectivity index is 1.62. The van der Waals surface area contributed by atoms with E-state index in [1.165, 1.54) is 0 Å². The zero-order valence-corrected chi connectivity index (χ0v) is 24.4. The number of allylic oxidation sites excluding steroid dienone is 4. The molecule has 0 fully saturated rings. The van der Waals surface area contributed by atoms with Crippen LogP contribution >= 0.6 is 31.9 Å². The van der Waals surface area contributed by atoms with Crippen LogP contribution in [0.25, 0.3) is 0 Å². The van der Waals surface area contributed by atoms with Crippen LogP contribution < -0.4 is 9.47 Å². The molecule has 2 aromatic rings. The maximum atomic E-state index is 13.4. The van der Waals surface area contributed by atoms with Gasteiger partial charge in [-0.2, -0.15) is 0 Å². The molecule has 2 aliphatic carbocycles. The molecule has 2 aromatic carbocycles. The third kappa shape index (κ3) is 4.92. The van der Waals surface area contributed by atoms with Crippen molar-refractivity contribution in [1.82, 2.24) is 4.90 Å². The Hall–Kier alpha value is -2.38. The summed E-state index contributed by atoms with van der Waals surface area (Å²) in [4.78, 5) is 29.1. The Morgan fingerprint density at radius 1 is 0.865 bits per heavy atom. The predicted octanol–water partition coefficient (Wildman–Crippen LogP) is 7.62. The van der Waals surface area contributed by atoms with Crippen molar-refractivity contribution in [3.05, 3.63) is 79.0 Å². The highest BCUT2D eigenvalue weighted by Gasteiger charge is 2.43. The monoisotopic (exact) mass is 627 g/mol. The summed E-state index contributed by atoms with van der Waals surface area (Å²) in [6, 6.07) is 11.9. The Morgan fingerprint density at radius 2 is 1.51 bits per heavy atom. The van der Waals surface area contributed by atoms with Crippen molar-refractivity contribution in [2.45, 2.75) is 64.9 Å².